The van der Waals surface area contributed by atoms with Crippen molar-refractivity contribution in [2.75, 3.05) is 40.0 Å². The number of sulfonamides is 1. The first kappa shape index (κ1) is 20.6. The van der Waals surface area contributed by atoms with Gasteiger partial charge in [-0.1, -0.05) is 6.07 Å². The van der Waals surface area contributed by atoms with Gasteiger partial charge in [0, 0.05) is 25.2 Å². The SMILES string of the molecule is COc1ccc(CC(=O)NCC(C)(C)N)cc1S(=O)(=O)N1CCOCC1. The number of morpholine rings is 1. The average molecular weight is 385 g/mol. The summed E-state index contributed by atoms with van der Waals surface area (Å²) in [5.41, 5.74) is 5.93. The predicted molar refractivity (Wildman–Crippen MR) is 97.6 cm³/mol. The number of carbonyl (C=O) groups excluding carboxylic acids is 1. The van der Waals surface area contributed by atoms with Gasteiger partial charge in [-0.05, 0) is 31.5 Å². The van der Waals surface area contributed by atoms with Gasteiger partial charge in [0.25, 0.3) is 0 Å². The summed E-state index contributed by atoms with van der Waals surface area (Å²) in [6.07, 6.45) is 0.0612. The van der Waals surface area contributed by atoms with Crippen LogP contribution in [0.25, 0.3) is 0 Å². The number of hydrogen-bond acceptors (Lipinski definition) is 6. The standard InChI is InChI=1S/C17H27N3O5S/c1-17(2,18)12-19-16(21)11-13-4-5-14(24-3)15(10-13)26(22,23)20-6-8-25-9-7-20/h4-5,10H,6-9,11-12,18H2,1-3H3,(H,19,21). The van der Waals surface area contributed by atoms with Crippen molar-refractivity contribution in [1.29, 1.82) is 0 Å². The quantitative estimate of drug-likeness (QED) is 0.689. The maximum absolute atomic E-state index is 12.9. The van der Waals surface area contributed by atoms with E-state index in [1.807, 2.05) is 13.8 Å². The Labute approximate surface area is 154 Å². The van der Waals surface area contributed by atoms with Crippen LogP contribution in [0.3, 0.4) is 0 Å². The zero-order valence-corrected chi connectivity index (χ0v) is 16.3. The normalized spacial score (nSPS) is 16.3. The Balaban J connectivity index is 2.21. The molecule has 9 heteroatoms. The van der Waals surface area contributed by atoms with Crippen molar-refractivity contribution in [3.05, 3.63) is 23.8 Å². The molecule has 3 N–H and O–H groups in total. The molecule has 0 atom stereocenters. The summed E-state index contributed by atoms with van der Waals surface area (Å²) < 4.78 is 37.7. The van der Waals surface area contributed by atoms with Crippen LogP contribution >= 0.6 is 0 Å². The highest BCUT2D eigenvalue weighted by Crippen LogP contribution is 2.28. The number of carbonyl (C=O) groups is 1. The van der Waals surface area contributed by atoms with Crippen molar-refractivity contribution in [1.82, 2.24) is 9.62 Å². The van der Waals surface area contributed by atoms with E-state index in [2.05, 4.69) is 5.32 Å². The van der Waals surface area contributed by atoms with Crippen LogP contribution in [0.15, 0.2) is 23.1 Å². The van der Waals surface area contributed by atoms with E-state index in [4.69, 9.17) is 15.2 Å². The Kier molecular flexibility index (Phi) is 6.62. The molecule has 26 heavy (non-hydrogen) atoms. The number of amides is 1. The van der Waals surface area contributed by atoms with Crippen LogP contribution in [-0.2, 0) is 26.0 Å². The first-order valence-electron chi connectivity index (χ1n) is 8.44. The molecule has 0 saturated carbocycles. The van der Waals surface area contributed by atoms with Crippen LogP contribution in [0, 0.1) is 0 Å². The Hall–Kier alpha value is -1.68. The third-order valence-corrected chi connectivity index (χ3v) is 5.84. The molecule has 1 aromatic rings. The number of nitrogens with one attached hydrogen (secondary N) is 1. The molecule has 1 fully saturated rings. The summed E-state index contributed by atoms with van der Waals surface area (Å²) in [5, 5.41) is 2.75. The molecule has 2 rings (SSSR count). The first-order chi connectivity index (χ1) is 12.1. The van der Waals surface area contributed by atoms with Gasteiger partial charge in [-0.25, -0.2) is 8.42 Å². The minimum absolute atomic E-state index is 0.0612. The average Bonchev–Trinajstić information content (AvgIpc) is 2.60. The smallest absolute Gasteiger partial charge is 0.246 e. The van der Waals surface area contributed by atoms with Gasteiger partial charge in [0.1, 0.15) is 10.6 Å². The van der Waals surface area contributed by atoms with E-state index < -0.39 is 15.6 Å². The lowest BCUT2D eigenvalue weighted by Crippen LogP contribution is -2.45. The summed E-state index contributed by atoms with van der Waals surface area (Å²) in [5.74, 6) is 0.0344. The van der Waals surface area contributed by atoms with Crippen molar-refractivity contribution in [2.45, 2.75) is 30.7 Å². The number of methoxy groups -OCH3 is 1. The Morgan fingerprint density at radius 1 is 1.35 bits per heavy atom. The van der Waals surface area contributed by atoms with Gasteiger partial charge < -0.3 is 20.5 Å². The number of rotatable bonds is 7. The molecule has 1 aromatic carbocycles. The van der Waals surface area contributed by atoms with Gasteiger partial charge in [0.2, 0.25) is 15.9 Å². The van der Waals surface area contributed by atoms with E-state index >= 15 is 0 Å². The number of benzene rings is 1. The second-order valence-electron chi connectivity index (χ2n) is 6.94. The van der Waals surface area contributed by atoms with Gasteiger partial charge in [-0.2, -0.15) is 4.31 Å². The minimum atomic E-state index is -3.72. The fourth-order valence-electron chi connectivity index (χ4n) is 2.53. The molecule has 0 radical (unpaired) electrons. The second kappa shape index (κ2) is 8.34. The number of hydrogen-bond donors (Lipinski definition) is 2. The Morgan fingerprint density at radius 2 is 2.00 bits per heavy atom. The molecule has 0 spiro atoms. The zero-order chi connectivity index (χ0) is 19.4. The first-order valence-corrected chi connectivity index (χ1v) is 9.88. The molecule has 146 valence electrons. The minimum Gasteiger partial charge on any atom is -0.495 e. The van der Waals surface area contributed by atoms with Crippen molar-refractivity contribution in [3.63, 3.8) is 0 Å². The van der Waals surface area contributed by atoms with E-state index in [1.54, 1.807) is 12.1 Å². The van der Waals surface area contributed by atoms with Crippen LogP contribution < -0.4 is 15.8 Å². The van der Waals surface area contributed by atoms with Crippen molar-refractivity contribution in [2.24, 2.45) is 5.73 Å². The molecular weight excluding hydrogens is 358 g/mol. The maximum Gasteiger partial charge on any atom is 0.246 e. The zero-order valence-electron chi connectivity index (χ0n) is 15.4. The molecular formula is C17H27N3O5S. The molecule has 1 aliphatic rings. The molecule has 0 aromatic heterocycles. The number of nitrogens with two attached hydrogens (primary N) is 1. The Bertz CT molecular complexity index is 737. The molecule has 1 heterocycles. The predicted octanol–water partition coefficient (Wildman–Crippen LogP) is 0.112. The molecule has 0 bridgehead atoms. The van der Waals surface area contributed by atoms with Gasteiger partial charge in [-0.3, -0.25) is 4.79 Å². The largest absolute Gasteiger partial charge is 0.495 e. The highest BCUT2D eigenvalue weighted by atomic mass is 32.2. The summed E-state index contributed by atoms with van der Waals surface area (Å²) in [4.78, 5) is 12.2. The number of ether oxygens (including phenoxy) is 2. The molecule has 0 aliphatic carbocycles. The summed E-state index contributed by atoms with van der Waals surface area (Å²) in [6.45, 7) is 5.27. The van der Waals surface area contributed by atoms with Crippen molar-refractivity contribution in [3.8, 4) is 5.75 Å². The van der Waals surface area contributed by atoms with Gasteiger partial charge in [-0.15, -0.1) is 0 Å². The molecule has 1 saturated heterocycles. The molecule has 0 unspecified atom stereocenters. The van der Waals surface area contributed by atoms with Crippen LogP contribution in [0.5, 0.6) is 5.75 Å². The molecule has 1 amide bonds. The van der Waals surface area contributed by atoms with Crippen molar-refractivity contribution < 1.29 is 22.7 Å². The lowest BCUT2D eigenvalue weighted by Gasteiger charge is -2.26. The summed E-state index contributed by atoms with van der Waals surface area (Å²) >= 11 is 0. The van der Waals surface area contributed by atoms with E-state index in [9.17, 15) is 13.2 Å². The van der Waals surface area contributed by atoms with Crippen LogP contribution in [-0.4, -0.2) is 64.1 Å². The van der Waals surface area contributed by atoms with E-state index in [-0.39, 0.29) is 23.0 Å². The van der Waals surface area contributed by atoms with Crippen molar-refractivity contribution >= 4 is 15.9 Å². The van der Waals surface area contributed by atoms with E-state index in [0.29, 0.717) is 38.4 Å². The van der Waals surface area contributed by atoms with E-state index in [1.165, 1.54) is 17.5 Å². The van der Waals surface area contributed by atoms with Gasteiger partial charge >= 0.3 is 0 Å². The molecule has 1 aliphatic heterocycles. The fraction of sp³-hybridized carbons (Fsp3) is 0.588. The molecule has 8 nitrogen and oxygen atoms in total. The van der Waals surface area contributed by atoms with Gasteiger partial charge in [0.15, 0.2) is 0 Å². The topological polar surface area (TPSA) is 111 Å². The lowest BCUT2D eigenvalue weighted by atomic mass is 10.1. The van der Waals surface area contributed by atoms with Crippen LogP contribution in [0.4, 0.5) is 0 Å². The maximum atomic E-state index is 12.9. The van der Waals surface area contributed by atoms with Crippen LogP contribution in [0.1, 0.15) is 19.4 Å². The van der Waals surface area contributed by atoms with E-state index in [0.717, 1.165) is 0 Å². The van der Waals surface area contributed by atoms with Gasteiger partial charge in [0.05, 0.1) is 26.7 Å². The number of nitrogens with zero attached hydrogens (tertiary/aromatic N) is 1. The lowest BCUT2D eigenvalue weighted by molar-refractivity contribution is -0.120. The fourth-order valence-corrected chi connectivity index (χ4v) is 4.15. The summed E-state index contributed by atoms with van der Waals surface area (Å²) in [6, 6.07) is 4.75. The highest BCUT2D eigenvalue weighted by Gasteiger charge is 2.29. The second-order valence-corrected chi connectivity index (χ2v) is 8.85. The highest BCUT2D eigenvalue weighted by molar-refractivity contribution is 7.89. The monoisotopic (exact) mass is 385 g/mol. The summed E-state index contributed by atoms with van der Waals surface area (Å²) in [7, 11) is -2.30. The van der Waals surface area contributed by atoms with Crippen LogP contribution in [0.2, 0.25) is 0 Å². The third-order valence-electron chi connectivity index (χ3n) is 3.92. The Morgan fingerprint density at radius 3 is 2.58 bits per heavy atom. The third kappa shape index (κ3) is 5.41.